The molecule has 1 heterocycles. The minimum Gasteiger partial charge on any atom is -0.326 e. The summed E-state index contributed by atoms with van der Waals surface area (Å²) < 4.78 is 26.7. The molecule has 1 aromatic rings. The van der Waals surface area contributed by atoms with Gasteiger partial charge in [-0.1, -0.05) is 23.2 Å². The van der Waals surface area contributed by atoms with E-state index < -0.39 is 10.0 Å². The van der Waals surface area contributed by atoms with Gasteiger partial charge in [-0.25, -0.2) is 8.42 Å². The fraction of sp³-hybridized carbons (Fsp3) is 0.500. The summed E-state index contributed by atoms with van der Waals surface area (Å²) >= 11 is 13.8. The van der Waals surface area contributed by atoms with Crippen LogP contribution in [0.25, 0.3) is 0 Å². The van der Waals surface area contributed by atoms with E-state index in [1.54, 1.807) is 18.8 Å². The molecule has 1 aliphatic rings. The monoisotopic (exact) mass is 354 g/mol. The van der Waals surface area contributed by atoms with Crippen molar-refractivity contribution < 1.29 is 8.42 Å². The van der Waals surface area contributed by atoms with Gasteiger partial charge in [-0.3, -0.25) is 0 Å². The first-order valence-electron chi connectivity index (χ1n) is 6.11. The molecule has 1 aromatic carbocycles. The molecule has 0 bridgehead atoms. The van der Waals surface area contributed by atoms with Crippen molar-refractivity contribution >= 4 is 45.0 Å². The second-order valence-corrected chi connectivity index (χ2v) is 8.55. The average Bonchev–Trinajstić information content (AvgIpc) is 2.91. The largest absolute Gasteiger partial charge is 0.326 e. The molecule has 2 N–H and O–H groups in total. The number of hydrogen-bond donors (Lipinski definition) is 1. The van der Waals surface area contributed by atoms with E-state index in [1.165, 1.54) is 16.4 Å². The Bertz CT molecular complexity index is 602. The van der Waals surface area contributed by atoms with E-state index in [9.17, 15) is 8.42 Å². The molecule has 0 radical (unpaired) electrons. The molecule has 8 heteroatoms. The standard InChI is InChI=1S/C12H16Cl2N2O2S2/c1-16(9-2-3-19-7-9)20(17,18)12-4-8(6-15)10(13)5-11(12)14/h4-5,9H,2-3,6-7,15H2,1H3. The molecular weight excluding hydrogens is 339 g/mol. The zero-order chi connectivity index (χ0) is 14.9. The van der Waals surface area contributed by atoms with Gasteiger partial charge in [-0.05, 0) is 29.9 Å². The summed E-state index contributed by atoms with van der Waals surface area (Å²) in [4.78, 5) is 0.0726. The van der Waals surface area contributed by atoms with E-state index in [2.05, 4.69) is 0 Å². The van der Waals surface area contributed by atoms with Crippen LogP contribution in [-0.2, 0) is 16.6 Å². The van der Waals surface area contributed by atoms with Crippen molar-refractivity contribution in [1.82, 2.24) is 4.31 Å². The van der Waals surface area contributed by atoms with Crippen LogP contribution in [0.1, 0.15) is 12.0 Å². The van der Waals surface area contributed by atoms with Gasteiger partial charge in [-0.2, -0.15) is 16.1 Å². The maximum atomic E-state index is 12.7. The van der Waals surface area contributed by atoms with Crippen LogP contribution in [0.2, 0.25) is 10.0 Å². The van der Waals surface area contributed by atoms with Gasteiger partial charge < -0.3 is 5.73 Å². The van der Waals surface area contributed by atoms with Crippen molar-refractivity contribution in [3.8, 4) is 0 Å². The Kier molecular flexibility index (Phi) is 5.26. The first kappa shape index (κ1) is 16.4. The number of nitrogens with two attached hydrogens (primary N) is 1. The Labute approximate surface area is 133 Å². The summed E-state index contributed by atoms with van der Waals surface area (Å²) in [6.07, 6.45) is 0.856. The Morgan fingerprint density at radius 1 is 1.40 bits per heavy atom. The zero-order valence-corrected chi connectivity index (χ0v) is 14.1. The van der Waals surface area contributed by atoms with Gasteiger partial charge in [0, 0.05) is 30.4 Å². The summed E-state index contributed by atoms with van der Waals surface area (Å²) in [5, 5.41) is 0.514. The Balaban J connectivity index is 2.43. The predicted molar refractivity (Wildman–Crippen MR) is 85.0 cm³/mol. The third-order valence-electron chi connectivity index (χ3n) is 3.40. The van der Waals surface area contributed by atoms with Crippen LogP contribution in [0, 0.1) is 0 Å². The average molecular weight is 355 g/mol. The molecule has 0 spiro atoms. The Hall–Kier alpha value is 0.0200. The number of hydrogen-bond acceptors (Lipinski definition) is 4. The number of halogens is 2. The van der Waals surface area contributed by atoms with Crippen LogP contribution in [0.5, 0.6) is 0 Å². The molecule has 20 heavy (non-hydrogen) atoms. The number of sulfonamides is 1. The smallest absolute Gasteiger partial charge is 0.244 e. The summed E-state index contributed by atoms with van der Waals surface area (Å²) in [6.45, 7) is 0.168. The minimum absolute atomic E-state index is 0.0121. The number of nitrogens with zero attached hydrogens (tertiary/aromatic N) is 1. The van der Waals surface area contributed by atoms with Gasteiger partial charge in [0.25, 0.3) is 0 Å². The molecule has 4 nitrogen and oxygen atoms in total. The van der Waals surface area contributed by atoms with Crippen LogP contribution in [0.15, 0.2) is 17.0 Å². The number of rotatable bonds is 4. The molecule has 0 aromatic heterocycles. The predicted octanol–water partition coefficient (Wildman–Crippen LogP) is 2.58. The van der Waals surface area contributed by atoms with Gasteiger partial charge in [0.1, 0.15) is 4.90 Å². The highest BCUT2D eigenvalue weighted by atomic mass is 35.5. The fourth-order valence-electron chi connectivity index (χ4n) is 2.09. The zero-order valence-electron chi connectivity index (χ0n) is 11.0. The molecule has 1 unspecified atom stereocenters. The van der Waals surface area contributed by atoms with Crippen LogP contribution in [0.4, 0.5) is 0 Å². The molecule has 2 rings (SSSR count). The number of benzene rings is 1. The summed E-state index contributed by atoms with van der Waals surface area (Å²) in [5.74, 6) is 1.79. The lowest BCUT2D eigenvalue weighted by Crippen LogP contribution is -2.37. The van der Waals surface area contributed by atoms with Crippen LogP contribution in [-0.4, -0.2) is 37.3 Å². The maximum Gasteiger partial charge on any atom is 0.244 e. The highest BCUT2D eigenvalue weighted by Crippen LogP contribution is 2.32. The third-order valence-corrected chi connectivity index (χ3v) is 7.27. The molecule has 0 saturated carbocycles. The maximum absolute atomic E-state index is 12.7. The van der Waals surface area contributed by atoms with Gasteiger partial charge in [-0.15, -0.1) is 0 Å². The van der Waals surface area contributed by atoms with Crippen molar-refractivity contribution in [3.63, 3.8) is 0 Å². The highest BCUT2D eigenvalue weighted by Gasteiger charge is 2.32. The molecular formula is C12H16Cl2N2O2S2. The molecule has 1 aliphatic heterocycles. The lowest BCUT2D eigenvalue weighted by atomic mass is 10.2. The summed E-state index contributed by atoms with van der Waals surface area (Å²) in [6, 6.07) is 2.92. The quantitative estimate of drug-likeness (QED) is 0.902. The molecule has 0 amide bonds. The lowest BCUT2D eigenvalue weighted by molar-refractivity contribution is 0.394. The third kappa shape index (κ3) is 3.10. The van der Waals surface area contributed by atoms with Crippen LogP contribution < -0.4 is 5.73 Å². The first-order valence-corrected chi connectivity index (χ1v) is 9.46. The second-order valence-electron chi connectivity index (χ2n) is 4.62. The summed E-state index contributed by atoms with van der Waals surface area (Å²) in [7, 11) is -2.03. The van der Waals surface area contributed by atoms with Crippen molar-refractivity contribution in [1.29, 1.82) is 0 Å². The van der Waals surface area contributed by atoms with Crippen LogP contribution >= 0.6 is 35.0 Å². The van der Waals surface area contributed by atoms with Crippen molar-refractivity contribution in [2.24, 2.45) is 5.73 Å². The molecule has 1 saturated heterocycles. The SMILES string of the molecule is CN(C1CCSC1)S(=O)(=O)c1cc(CN)c(Cl)cc1Cl. The lowest BCUT2D eigenvalue weighted by Gasteiger charge is -2.24. The Morgan fingerprint density at radius 3 is 2.65 bits per heavy atom. The highest BCUT2D eigenvalue weighted by molar-refractivity contribution is 7.99. The topological polar surface area (TPSA) is 63.4 Å². The first-order chi connectivity index (χ1) is 9.37. The normalized spacial score (nSPS) is 19.8. The fourth-order valence-corrected chi connectivity index (χ4v) is 5.68. The van der Waals surface area contributed by atoms with Gasteiger partial charge in [0.2, 0.25) is 10.0 Å². The van der Waals surface area contributed by atoms with Crippen LogP contribution in [0.3, 0.4) is 0 Å². The van der Waals surface area contributed by atoms with Gasteiger partial charge in [0.05, 0.1) is 5.02 Å². The molecule has 112 valence electrons. The van der Waals surface area contributed by atoms with E-state index in [1.807, 2.05) is 0 Å². The van der Waals surface area contributed by atoms with E-state index >= 15 is 0 Å². The molecule has 0 aliphatic carbocycles. The molecule has 1 fully saturated rings. The second kappa shape index (κ2) is 6.42. The Morgan fingerprint density at radius 2 is 2.10 bits per heavy atom. The van der Waals surface area contributed by atoms with E-state index in [-0.39, 0.29) is 22.5 Å². The van der Waals surface area contributed by atoms with Gasteiger partial charge >= 0.3 is 0 Å². The van der Waals surface area contributed by atoms with Crippen molar-refractivity contribution in [3.05, 3.63) is 27.7 Å². The van der Waals surface area contributed by atoms with E-state index in [4.69, 9.17) is 28.9 Å². The van der Waals surface area contributed by atoms with E-state index in [0.29, 0.717) is 10.6 Å². The molecule has 1 atom stereocenters. The van der Waals surface area contributed by atoms with Crippen molar-refractivity contribution in [2.75, 3.05) is 18.6 Å². The minimum atomic E-state index is -3.63. The summed E-state index contributed by atoms with van der Waals surface area (Å²) in [5.41, 5.74) is 6.14. The van der Waals surface area contributed by atoms with Gasteiger partial charge in [0.15, 0.2) is 0 Å². The van der Waals surface area contributed by atoms with E-state index in [0.717, 1.165) is 17.9 Å². The van der Waals surface area contributed by atoms with Crippen molar-refractivity contribution in [2.45, 2.75) is 23.9 Å². The number of thioether (sulfide) groups is 1.